The van der Waals surface area contributed by atoms with Crippen LogP contribution in [0.1, 0.15) is 18.5 Å². The van der Waals surface area contributed by atoms with Crippen LogP contribution in [0.2, 0.25) is 0 Å². The molecule has 0 unspecified atom stereocenters. The number of rotatable bonds is 3. The lowest BCUT2D eigenvalue weighted by Gasteiger charge is -2.09. The highest BCUT2D eigenvalue weighted by molar-refractivity contribution is 5.81. The third-order valence-corrected chi connectivity index (χ3v) is 2.31. The molecule has 2 N–H and O–H groups in total. The first-order valence-electron chi connectivity index (χ1n) is 4.76. The summed E-state index contributed by atoms with van der Waals surface area (Å²) in [6, 6.07) is 1.71. The molecule has 14 heavy (non-hydrogen) atoms. The Morgan fingerprint density at radius 3 is 3.36 bits per heavy atom. The van der Waals surface area contributed by atoms with Crippen LogP contribution in [0.4, 0.5) is 0 Å². The third kappa shape index (κ3) is 2.11. The van der Waals surface area contributed by atoms with E-state index in [1.54, 1.807) is 6.07 Å². The van der Waals surface area contributed by atoms with Gasteiger partial charge in [0.1, 0.15) is 12.0 Å². The van der Waals surface area contributed by atoms with E-state index in [1.165, 1.54) is 6.26 Å². The fourth-order valence-electron chi connectivity index (χ4n) is 1.54. The number of amides is 1. The van der Waals surface area contributed by atoms with Crippen molar-refractivity contribution in [2.75, 3.05) is 6.54 Å². The summed E-state index contributed by atoms with van der Waals surface area (Å²) in [7, 11) is 0. The van der Waals surface area contributed by atoms with Crippen molar-refractivity contribution in [3.63, 3.8) is 0 Å². The first-order valence-corrected chi connectivity index (χ1v) is 4.76. The second kappa shape index (κ2) is 4.23. The number of hydrogen-bond donors (Lipinski definition) is 2. The van der Waals surface area contributed by atoms with Gasteiger partial charge >= 0.3 is 0 Å². The fourth-order valence-corrected chi connectivity index (χ4v) is 1.54. The maximum Gasteiger partial charge on any atom is 0.237 e. The second-order valence-corrected chi connectivity index (χ2v) is 3.36. The van der Waals surface area contributed by atoms with Gasteiger partial charge in [-0.05, 0) is 19.4 Å². The largest absolute Gasteiger partial charge is 0.364 e. The van der Waals surface area contributed by atoms with Crippen LogP contribution in [-0.2, 0) is 11.3 Å². The minimum atomic E-state index is -0.0260. The summed E-state index contributed by atoms with van der Waals surface area (Å²) < 4.78 is 4.66. The first kappa shape index (κ1) is 9.21. The molecule has 1 aliphatic heterocycles. The Balaban J connectivity index is 1.77. The number of hydrogen-bond acceptors (Lipinski definition) is 4. The molecule has 1 fully saturated rings. The van der Waals surface area contributed by atoms with Crippen LogP contribution in [0.3, 0.4) is 0 Å². The highest BCUT2D eigenvalue weighted by atomic mass is 16.5. The topological polar surface area (TPSA) is 67.2 Å². The lowest BCUT2D eigenvalue weighted by atomic mass is 10.2. The Labute approximate surface area is 81.8 Å². The Morgan fingerprint density at radius 1 is 1.79 bits per heavy atom. The molecular formula is C9H13N3O2. The molecule has 0 radical (unpaired) electrons. The number of carbonyl (C=O) groups excluding carboxylic acids is 1. The van der Waals surface area contributed by atoms with E-state index in [0.717, 1.165) is 25.1 Å². The Kier molecular flexibility index (Phi) is 2.78. The molecule has 76 valence electrons. The van der Waals surface area contributed by atoms with E-state index in [0.29, 0.717) is 6.54 Å². The van der Waals surface area contributed by atoms with Gasteiger partial charge in [0.15, 0.2) is 0 Å². The summed E-state index contributed by atoms with van der Waals surface area (Å²) in [6.45, 7) is 1.37. The highest BCUT2D eigenvalue weighted by Crippen LogP contribution is 2.04. The van der Waals surface area contributed by atoms with Crippen molar-refractivity contribution in [1.82, 2.24) is 15.8 Å². The van der Waals surface area contributed by atoms with Gasteiger partial charge in [0.05, 0.1) is 12.6 Å². The van der Waals surface area contributed by atoms with Gasteiger partial charge < -0.3 is 15.2 Å². The number of nitrogens with zero attached hydrogens (tertiary/aromatic N) is 1. The summed E-state index contributed by atoms with van der Waals surface area (Å²) in [5, 5.41) is 9.64. The standard InChI is InChI=1S/C9H13N3O2/c13-9(8-2-1-4-10-8)11-6-7-3-5-14-12-7/h3,5,8,10H,1-2,4,6H2,(H,11,13)/t8-/m0/s1. The van der Waals surface area contributed by atoms with Gasteiger partial charge in [-0.3, -0.25) is 4.79 Å². The molecular weight excluding hydrogens is 182 g/mol. The maximum absolute atomic E-state index is 11.5. The number of nitrogens with one attached hydrogen (secondary N) is 2. The van der Waals surface area contributed by atoms with E-state index in [4.69, 9.17) is 0 Å². The highest BCUT2D eigenvalue weighted by Gasteiger charge is 2.21. The smallest absolute Gasteiger partial charge is 0.237 e. The van der Waals surface area contributed by atoms with Crippen LogP contribution in [0.15, 0.2) is 16.9 Å². The van der Waals surface area contributed by atoms with Crippen LogP contribution in [0.25, 0.3) is 0 Å². The number of carbonyl (C=O) groups is 1. The van der Waals surface area contributed by atoms with Crippen LogP contribution in [0.5, 0.6) is 0 Å². The van der Waals surface area contributed by atoms with Crippen molar-refractivity contribution in [2.24, 2.45) is 0 Å². The van der Waals surface area contributed by atoms with Crippen molar-refractivity contribution >= 4 is 5.91 Å². The van der Waals surface area contributed by atoms with Crippen LogP contribution >= 0.6 is 0 Å². The van der Waals surface area contributed by atoms with Crippen LogP contribution in [0, 0.1) is 0 Å². The van der Waals surface area contributed by atoms with Crippen molar-refractivity contribution in [2.45, 2.75) is 25.4 Å². The van der Waals surface area contributed by atoms with E-state index in [-0.39, 0.29) is 11.9 Å². The van der Waals surface area contributed by atoms with Crippen molar-refractivity contribution in [3.05, 3.63) is 18.0 Å². The molecule has 0 aromatic carbocycles. The van der Waals surface area contributed by atoms with Gasteiger partial charge in [-0.15, -0.1) is 0 Å². The SMILES string of the molecule is O=C(NCc1ccon1)[C@@H]1CCCN1. The second-order valence-electron chi connectivity index (χ2n) is 3.36. The molecule has 2 rings (SSSR count). The van der Waals surface area contributed by atoms with E-state index in [1.807, 2.05) is 0 Å². The first-order chi connectivity index (χ1) is 6.86. The molecule has 2 heterocycles. The number of aromatic nitrogens is 1. The minimum Gasteiger partial charge on any atom is -0.364 e. The van der Waals surface area contributed by atoms with Crippen molar-refractivity contribution in [1.29, 1.82) is 0 Å². The van der Waals surface area contributed by atoms with Gasteiger partial charge in [0.25, 0.3) is 0 Å². The van der Waals surface area contributed by atoms with E-state index in [2.05, 4.69) is 20.3 Å². The van der Waals surface area contributed by atoms with Crippen molar-refractivity contribution < 1.29 is 9.32 Å². The van der Waals surface area contributed by atoms with Gasteiger partial charge in [-0.2, -0.15) is 0 Å². The van der Waals surface area contributed by atoms with Gasteiger partial charge in [0.2, 0.25) is 5.91 Å². The molecule has 1 aromatic heterocycles. The molecule has 5 nitrogen and oxygen atoms in total. The Morgan fingerprint density at radius 2 is 2.71 bits per heavy atom. The van der Waals surface area contributed by atoms with Crippen LogP contribution in [-0.4, -0.2) is 23.7 Å². The zero-order valence-corrected chi connectivity index (χ0v) is 7.82. The van der Waals surface area contributed by atoms with E-state index < -0.39 is 0 Å². The Hall–Kier alpha value is -1.36. The summed E-state index contributed by atoms with van der Waals surface area (Å²) in [6.07, 6.45) is 3.49. The lowest BCUT2D eigenvalue weighted by Crippen LogP contribution is -2.40. The molecule has 1 aromatic rings. The molecule has 5 heteroatoms. The maximum atomic E-state index is 11.5. The average Bonchev–Trinajstić information content (AvgIpc) is 2.87. The van der Waals surface area contributed by atoms with Gasteiger partial charge in [-0.1, -0.05) is 5.16 Å². The van der Waals surface area contributed by atoms with Crippen LogP contribution < -0.4 is 10.6 Å². The fraction of sp³-hybridized carbons (Fsp3) is 0.556. The Bertz CT molecular complexity index is 291. The molecule has 1 atom stereocenters. The summed E-state index contributed by atoms with van der Waals surface area (Å²) >= 11 is 0. The predicted molar refractivity (Wildman–Crippen MR) is 49.4 cm³/mol. The third-order valence-electron chi connectivity index (χ3n) is 2.31. The monoisotopic (exact) mass is 195 g/mol. The van der Waals surface area contributed by atoms with Crippen molar-refractivity contribution in [3.8, 4) is 0 Å². The van der Waals surface area contributed by atoms with E-state index >= 15 is 0 Å². The van der Waals surface area contributed by atoms with Gasteiger partial charge in [-0.25, -0.2) is 0 Å². The summed E-state index contributed by atoms with van der Waals surface area (Å²) in [5.41, 5.74) is 0.747. The normalized spacial score (nSPS) is 21.0. The summed E-state index contributed by atoms with van der Waals surface area (Å²) in [4.78, 5) is 11.5. The average molecular weight is 195 g/mol. The molecule has 1 aliphatic rings. The molecule has 0 bridgehead atoms. The van der Waals surface area contributed by atoms with E-state index in [9.17, 15) is 4.79 Å². The lowest BCUT2D eigenvalue weighted by molar-refractivity contribution is -0.122. The molecule has 0 spiro atoms. The zero-order chi connectivity index (χ0) is 9.80. The molecule has 1 saturated heterocycles. The zero-order valence-electron chi connectivity index (χ0n) is 7.82. The summed E-state index contributed by atoms with van der Waals surface area (Å²) in [5.74, 6) is 0.0468. The van der Waals surface area contributed by atoms with Gasteiger partial charge in [0, 0.05) is 6.07 Å². The predicted octanol–water partition coefficient (Wildman–Crippen LogP) is 0.0428. The molecule has 1 amide bonds. The quantitative estimate of drug-likeness (QED) is 0.714. The molecule has 0 aliphatic carbocycles. The minimum absolute atomic E-state index is 0.0260. The molecule has 0 saturated carbocycles.